The molecule has 23 heavy (non-hydrogen) atoms. The van der Waals surface area contributed by atoms with Crippen molar-refractivity contribution in [1.82, 2.24) is 0 Å². The summed E-state index contributed by atoms with van der Waals surface area (Å²) in [6.45, 7) is 3.57. The van der Waals surface area contributed by atoms with E-state index in [4.69, 9.17) is 20.8 Å². The van der Waals surface area contributed by atoms with Gasteiger partial charge in [0, 0.05) is 16.2 Å². The molecule has 1 aliphatic heterocycles. The molecule has 2 aliphatic rings. The number of rotatable bonds is 2. The fraction of sp³-hybridized carbons (Fsp3) is 0.312. The van der Waals surface area contributed by atoms with Crippen molar-refractivity contribution in [2.45, 2.75) is 32.3 Å². The predicted octanol–water partition coefficient (Wildman–Crippen LogP) is 3.83. The molecule has 1 aliphatic carbocycles. The van der Waals surface area contributed by atoms with Gasteiger partial charge in [-0.05, 0) is 37.8 Å². The molecule has 0 amide bonds. The lowest BCUT2D eigenvalue weighted by atomic mass is 9.84. The molecule has 0 saturated carbocycles. The second-order valence-corrected chi connectivity index (χ2v) is 5.44. The number of ether oxygens (including phenoxy) is 1. The summed E-state index contributed by atoms with van der Waals surface area (Å²) in [4.78, 5) is 2.76. The highest BCUT2D eigenvalue weighted by atomic mass is 16.5. The monoisotopic (exact) mass is 304 g/mol. The largest absolute Gasteiger partial charge is 0.480 e. The van der Waals surface area contributed by atoms with Crippen LogP contribution in [0.4, 0.5) is 0 Å². The average molecular weight is 304 g/mol. The molecule has 0 saturated heterocycles. The topological polar surface area (TPSA) is 129 Å². The molecule has 2 rings (SSSR count). The van der Waals surface area contributed by atoms with Gasteiger partial charge in [-0.2, -0.15) is 15.8 Å². The van der Waals surface area contributed by atoms with Crippen LogP contribution in [0.5, 0.6) is 0 Å². The van der Waals surface area contributed by atoms with E-state index in [-0.39, 0.29) is 16.9 Å². The molecule has 0 unspecified atom stereocenters. The number of hydrogen-bond acceptors (Lipinski definition) is 5. The Balaban J connectivity index is 2.64. The zero-order valence-corrected chi connectivity index (χ0v) is 12.7. The maximum Gasteiger partial charge on any atom is 0.172 e. The van der Waals surface area contributed by atoms with Crippen LogP contribution in [-0.2, 0) is 4.74 Å². The van der Waals surface area contributed by atoms with Crippen LogP contribution in [0.2, 0.25) is 0 Å². The third kappa shape index (κ3) is 2.80. The molecule has 0 atom stereocenters. The van der Waals surface area contributed by atoms with E-state index in [2.05, 4.69) is 16.1 Å². The summed E-state index contributed by atoms with van der Waals surface area (Å²) >= 11 is 0. The highest BCUT2D eigenvalue weighted by Gasteiger charge is 2.41. The van der Waals surface area contributed by atoms with Crippen molar-refractivity contribution < 1.29 is 4.74 Å². The van der Waals surface area contributed by atoms with Gasteiger partial charge in [0.15, 0.2) is 11.3 Å². The van der Waals surface area contributed by atoms with E-state index in [0.29, 0.717) is 24.1 Å². The molecule has 7 nitrogen and oxygen atoms in total. The minimum absolute atomic E-state index is 0.0308. The van der Waals surface area contributed by atoms with E-state index in [0.717, 1.165) is 5.57 Å². The number of azide groups is 1. The maximum atomic E-state index is 9.50. The van der Waals surface area contributed by atoms with Crippen molar-refractivity contribution in [3.8, 4) is 18.2 Å². The van der Waals surface area contributed by atoms with E-state index >= 15 is 0 Å². The first-order chi connectivity index (χ1) is 11.0. The fourth-order valence-electron chi connectivity index (χ4n) is 2.70. The van der Waals surface area contributed by atoms with Crippen molar-refractivity contribution in [2.24, 2.45) is 5.11 Å². The van der Waals surface area contributed by atoms with E-state index in [9.17, 15) is 5.26 Å². The van der Waals surface area contributed by atoms with E-state index in [1.54, 1.807) is 38.1 Å². The summed E-state index contributed by atoms with van der Waals surface area (Å²) in [6.07, 6.45) is 4.62. The number of allylic oxidation sites excluding steroid dienone is 5. The average Bonchev–Trinajstić information content (AvgIpc) is 2.80. The lowest BCUT2D eigenvalue weighted by Crippen LogP contribution is -2.23. The van der Waals surface area contributed by atoms with Gasteiger partial charge in [0.05, 0.1) is 0 Å². The second-order valence-electron chi connectivity index (χ2n) is 5.44. The van der Waals surface area contributed by atoms with Gasteiger partial charge in [-0.25, -0.2) is 0 Å². The molecule has 0 N–H and O–H groups in total. The summed E-state index contributed by atoms with van der Waals surface area (Å²) in [6, 6.07) is 5.58. The molecule has 0 radical (unpaired) electrons. The number of hydrogen-bond donors (Lipinski definition) is 0. The van der Waals surface area contributed by atoms with Crippen molar-refractivity contribution in [3.63, 3.8) is 0 Å². The smallest absolute Gasteiger partial charge is 0.172 e. The Kier molecular flexibility index (Phi) is 4.23. The van der Waals surface area contributed by atoms with Crippen LogP contribution in [0.15, 0.2) is 51.0 Å². The fourth-order valence-corrected chi connectivity index (χ4v) is 2.70. The van der Waals surface area contributed by atoms with Gasteiger partial charge in [-0.3, -0.25) is 0 Å². The Morgan fingerprint density at radius 2 is 1.96 bits per heavy atom. The quantitative estimate of drug-likeness (QED) is 0.332. The van der Waals surface area contributed by atoms with E-state index in [1.807, 2.05) is 0 Å². The molecule has 1 heterocycles. The minimum atomic E-state index is -0.824. The highest BCUT2D eigenvalue weighted by Crippen LogP contribution is 2.45. The van der Waals surface area contributed by atoms with Crippen molar-refractivity contribution in [2.75, 3.05) is 0 Å². The van der Waals surface area contributed by atoms with E-state index < -0.39 is 5.60 Å². The lowest BCUT2D eigenvalue weighted by molar-refractivity contribution is 0.0940. The van der Waals surface area contributed by atoms with Gasteiger partial charge >= 0.3 is 0 Å². The van der Waals surface area contributed by atoms with Gasteiger partial charge in [0.2, 0.25) is 0 Å². The Hall–Kier alpha value is -3.46. The lowest BCUT2D eigenvalue weighted by Gasteiger charge is -2.25. The molecule has 0 spiro atoms. The molecule has 0 aromatic rings. The zero-order chi connectivity index (χ0) is 17.0. The van der Waals surface area contributed by atoms with Crippen LogP contribution in [0.1, 0.15) is 26.7 Å². The SMILES string of the molecule is CC1(C)OC(=C(C#N)C#N)C(C#N)=C1C1=CC=C(N=[N+]=[N-])CC1. The molecular weight excluding hydrogens is 292 g/mol. The Bertz CT molecular complexity index is 842. The van der Waals surface area contributed by atoms with Crippen LogP contribution in [0.25, 0.3) is 10.4 Å². The Morgan fingerprint density at radius 1 is 1.26 bits per heavy atom. The second kappa shape index (κ2) is 6.12. The van der Waals surface area contributed by atoms with Gasteiger partial charge in [-0.1, -0.05) is 17.3 Å². The van der Waals surface area contributed by atoms with Gasteiger partial charge in [-0.15, -0.1) is 0 Å². The molecule has 0 bridgehead atoms. The van der Waals surface area contributed by atoms with Crippen LogP contribution >= 0.6 is 0 Å². The molecular formula is C16H12N6O. The summed E-state index contributed by atoms with van der Waals surface area (Å²) in [7, 11) is 0. The standard InChI is InChI=1S/C16H12N6O/c1-16(2)14(10-3-5-12(6-4-10)21-22-20)13(9-19)15(23-16)11(7-17)8-18/h3,5H,4,6H2,1-2H3. The first-order valence-corrected chi connectivity index (χ1v) is 6.82. The first-order valence-electron chi connectivity index (χ1n) is 6.82. The number of nitrogens with zero attached hydrogens (tertiary/aromatic N) is 6. The summed E-state index contributed by atoms with van der Waals surface area (Å²) in [5.74, 6) is 0.0308. The zero-order valence-electron chi connectivity index (χ0n) is 12.7. The molecule has 7 heteroatoms. The number of nitriles is 3. The van der Waals surface area contributed by atoms with Crippen LogP contribution < -0.4 is 0 Å². The minimum Gasteiger partial charge on any atom is -0.480 e. The summed E-state index contributed by atoms with van der Waals surface area (Å²) < 4.78 is 5.73. The normalized spacial score (nSPS) is 18.5. The highest BCUT2D eigenvalue weighted by molar-refractivity contribution is 5.63. The van der Waals surface area contributed by atoms with Gasteiger partial charge < -0.3 is 4.74 Å². The van der Waals surface area contributed by atoms with E-state index in [1.165, 1.54) is 0 Å². The third-order valence-corrected chi connectivity index (χ3v) is 3.62. The summed E-state index contributed by atoms with van der Waals surface area (Å²) in [5, 5.41) is 31.2. The van der Waals surface area contributed by atoms with Crippen molar-refractivity contribution in [1.29, 1.82) is 15.8 Å². The predicted molar refractivity (Wildman–Crippen MR) is 80.6 cm³/mol. The maximum absolute atomic E-state index is 9.50. The molecule has 0 aromatic heterocycles. The van der Waals surface area contributed by atoms with Crippen LogP contribution in [-0.4, -0.2) is 5.60 Å². The molecule has 0 fully saturated rings. The Labute approximate surface area is 133 Å². The third-order valence-electron chi connectivity index (χ3n) is 3.62. The molecule has 0 aromatic carbocycles. The first kappa shape index (κ1) is 15.9. The Morgan fingerprint density at radius 3 is 2.43 bits per heavy atom. The van der Waals surface area contributed by atoms with Crippen molar-refractivity contribution >= 4 is 0 Å². The van der Waals surface area contributed by atoms with Gasteiger partial charge in [0.1, 0.15) is 29.4 Å². The summed E-state index contributed by atoms with van der Waals surface area (Å²) in [5.41, 5.74) is 9.79. The van der Waals surface area contributed by atoms with Gasteiger partial charge in [0.25, 0.3) is 0 Å². The van der Waals surface area contributed by atoms with Crippen LogP contribution in [0, 0.1) is 34.0 Å². The van der Waals surface area contributed by atoms with Crippen molar-refractivity contribution in [3.05, 3.63) is 56.3 Å². The molecule has 112 valence electrons. The van der Waals surface area contributed by atoms with Crippen LogP contribution in [0.3, 0.4) is 0 Å².